The van der Waals surface area contributed by atoms with E-state index in [0.29, 0.717) is 11.4 Å². The molecule has 1 heterocycles. The number of aryl methyl sites for hydroxylation is 2. The predicted molar refractivity (Wildman–Crippen MR) is 53.6 cm³/mol. The van der Waals surface area contributed by atoms with E-state index in [0.717, 1.165) is 0 Å². The lowest BCUT2D eigenvalue weighted by Gasteiger charge is -2.04. The number of amides is 1. The van der Waals surface area contributed by atoms with Gasteiger partial charge in [-0.15, -0.1) is 0 Å². The van der Waals surface area contributed by atoms with Crippen LogP contribution in [-0.2, 0) is 16.6 Å². The highest BCUT2D eigenvalue weighted by atomic mass is 16.5. The van der Waals surface area contributed by atoms with Crippen LogP contribution >= 0.6 is 0 Å². The minimum atomic E-state index is -0.526. The number of nitrogens with one attached hydrogen (secondary N) is 1. The summed E-state index contributed by atoms with van der Waals surface area (Å²) in [6.45, 7) is 3.07. The lowest BCUT2D eigenvalue weighted by molar-refractivity contribution is -0.114. The van der Waals surface area contributed by atoms with Crippen LogP contribution in [0.25, 0.3) is 0 Å². The molecule has 0 saturated carbocycles. The Bertz CT molecular complexity index is 409. The van der Waals surface area contributed by atoms with Gasteiger partial charge in [0, 0.05) is 14.0 Å². The summed E-state index contributed by atoms with van der Waals surface area (Å²) < 4.78 is 5.98. The van der Waals surface area contributed by atoms with Crippen molar-refractivity contribution in [2.24, 2.45) is 7.05 Å². The Hall–Kier alpha value is -1.85. The largest absolute Gasteiger partial charge is 0.464 e. The summed E-state index contributed by atoms with van der Waals surface area (Å²) in [6.07, 6.45) is 0. The molecule has 0 spiro atoms. The molecular formula is C9H13N3O3. The summed E-state index contributed by atoms with van der Waals surface area (Å²) in [5, 5.41) is 6.59. The molecule has 0 radical (unpaired) electrons. The third-order valence-corrected chi connectivity index (χ3v) is 1.90. The van der Waals surface area contributed by atoms with Crippen LogP contribution in [0.5, 0.6) is 0 Å². The topological polar surface area (TPSA) is 73.2 Å². The fraction of sp³-hybridized carbons (Fsp3) is 0.444. The van der Waals surface area contributed by atoms with E-state index >= 15 is 0 Å². The SMILES string of the molecule is COC(=O)c1c(NC(C)=O)c(C)nn1C. The third kappa shape index (κ3) is 2.15. The van der Waals surface area contributed by atoms with E-state index < -0.39 is 5.97 Å². The van der Waals surface area contributed by atoms with Gasteiger partial charge in [-0.05, 0) is 6.92 Å². The second kappa shape index (κ2) is 4.12. The Morgan fingerprint density at radius 2 is 2.07 bits per heavy atom. The fourth-order valence-corrected chi connectivity index (χ4v) is 1.31. The molecule has 0 fully saturated rings. The van der Waals surface area contributed by atoms with Crippen molar-refractivity contribution >= 4 is 17.6 Å². The molecule has 1 aromatic heterocycles. The van der Waals surface area contributed by atoms with Crippen LogP contribution in [0.4, 0.5) is 5.69 Å². The molecule has 0 aliphatic carbocycles. The zero-order valence-electron chi connectivity index (χ0n) is 9.12. The maximum atomic E-state index is 11.4. The summed E-state index contributed by atoms with van der Waals surface area (Å²) in [6, 6.07) is 0. The molecule has 6 heteroatoms. The molecule has 0 aromatic carbocycles. The van der Waals surface area contributed by atoms with E-state index in [9.17, 15) is 9.59 Å². The first kappa shape index (κ1) is 11.2. The molecule has 82 valence electrons. The van der Waals surface area contributed by atoms with Crippen molar-refractivity contribution in [1.82, 2.24) is 9.78 Å². The second-order valence-corrected chi connectivity index (χ2v) is 3.11. The molecule has 6 nitrogen and oxygen atoms in total. The highest BCUT2D eigenvalue weighted by Crippen LogP contribution is 2.20. The smallest absolute Gasteiger partial charge is 0.358 e. The summed E-state index contributed by atoms with van der Waals surface area (Å²) in [4.78, 5) is 22.4. The van der Waals surface area contributed by atoms with Crippen molar-refractivity contribution in [3.05, 3.63) is 11.4 Å². The van der Waals surface area contributed by atoms with E-state index in [1.54, 1.807) is 14.0 Å². The Kier molecular flexibility index (Phi) is 3.08. The second-order valence-electron chi connectivity index (χ2n) is 3.11. The Balaban J connectivity index is 3.22. The van der Waals surface area contributed by atoms with Gasteiger partial charge in [0.05, 0.1) is 18.5 Å². The van der Waals surface area contributed by atoms with E-state index in [2.05, 4.69) is 15.2 Å². The number of aromatic nitrogens is 2. The van der Waals surface area contributed by atoms with Crippen LogP contribution in [0.2, 0.25) is 0 Å². The molecule has 0 aliphatic heterocycles. The van der Waals surface area contributed by atoms with Crippen LogP contribution in [0.1, 0.15) is 23.1 Å². The highest BCUT2D eigenvalue weighted by Gasteiger charge is 2.21. The average Bonchev–Trinajstić information content (AvgIpc) is 2.40. The number of nitrogens with zero attached hydrogens (tertiary/aromatic N) is 2. The van der Waals surface area contributed by atoms with Gasteiger partial charge in [-0.2, -0.15) is 5.10 Å². The molecule has 0 bridgehead atoms. The first-order chi connectivity index (χ1) is 6.97. The monoisotopic (exact) mass is 211 g/mol. The van der Waals surface area contributed by atoms with Crippen molar-refractivity contribution in [3.8, 4) is 0 Å². The molecule has 1 aromatic rings. The molecular weight excluding hydrogens is 198 g/mol. The van der Waals surface area contributed by atoms with Gasteiger partial charge < -0.3 is 10.1 Å². The first-order valence-corrected chi connectivity index (χ1v) is 4.37. The van der Waals surface area contributed by atoms with E-state index in [-0.39, 0.29) is 11.6 Å². The fourth-order valence-electron chi connectivity index (χ4n) is 1.31. The number of ether oxygens (including phenoxy) is 1. The molecule has 1 amide bonds. The van der Waals surface area contributed by atoms with Crippen molar-refractivity contribution < 1.29 is 14.3 Å². The van der Waals surface area contributed by atoms with Crippen molar-refractivity contribution in [2.45, 2.75) is 13.8 Å². The van der Waals surface area contributed by atoms with Crippen LogP contribution < -0.4 is 5.32 Å². The van der Waals surface area contributed by atoms with Gasteiger partial charge in [-0.3, -0.25) is 9.48 Å². The van der Waals surface area contributed by atoms with Crippen LogP contribution in [0.15, 0.2) is 0 Å². The average molecular weight is 211 g/mol. The van der Waals surface area contributed by atoms with E-state index in [1.165, 1.54) is 18.7 Å². The number of hydrogen-bond donors (Lipinski definition) is 1. The minimum absolute atomic E-state index is 0.241. The van der Waals surface area contributed by atoms with E-state index in [1.807, 2.05) is 0 Å². The van der Waals surface area contributed by atoms with Crippen LogP contribution in [0, 0.1) is 6.92 Å². The van der Waals surface area contributed by atoms with Gasteiger partial charge in [0.2, 0.25) is 5.91 Å². The van der Waals surface area contributed by atoms with Crippen LogP contribution in [0.3, 0.4) is 0 Å². The Morgan fingerprint density at radius 1 is 1.47 bits per heavy atom. The molecule has 0 saturated heterocycles. The number of methoxy groups -OCH3 is 1. The quantitative estimate of drug-likeness (QED) is 0.722. The van der Waals surface area contributed by atoms with Gasteiger partial charge in [-0.1, -0.05) is 0 Å². The maximum Gasteiger partial charge on any atom is 0.358 e. The van der Waals surface area contributed by atoms with Gasteiger partial charge in [0.15, 0.2) is 5.69 Å². The summed E-state index contributed by atoms with van der Waals surface area (Å²) in [5.41, 5.74) is 1.22. The third-order valence-electron chi connectivity index (χ3n) is 1.90. The first-order valence-electron chi connectivity index (χ1n) is 4.37. The normalized spacial score (nSPS) is 9.87. The molecule has 1 rings (SSSR count). The zero-order chi connectivity index (χ0) is 11.6. The van der Waals surface area contributed by atoms with Gasteiger partial charge in [0.1, 0.15) is 0 Å². The number of esters is 1. The number of rotatable bonds is 2. The molecule has 15 heavy (non-hydrogen) atoms. The standard InChI is InChI=1S/C9H13N3O3/c1-5-7(10-6(2)13)8(9(14)15-4)12(3)11-5/h1-4H3,(H,10,13). The predicted octanol–water partition coefficient (Wildman–Crippen LogP) is 0.474. The molecule has 0 aliphatic rings. The Morgan fingerprint density at radius 3 is 2.53 bits per heavy atom. The Labute approximate surface area is 87.2 Å². The number of carbonyl (C=O) groups excluding carboxylic acids is 2. The van der Waals surface area contributed by atoms with Crippen molar-refractivity contribution in [2.75, 3.05) is 12.4 Å². The summed E-state index contributed by atoms with van der Waals surface area (Å²) in [7, 11) is 2.90. The minimum Gasteiger partial charge on any atom is -0.464 e. The number of anilines is 1. The number of carbonyl (C=O) groups is 2. The molecule has 0 unspecified atom stereocenters. The molecule has 1 N–H and O–H groups in total. The summed E-state index contributed by atoms with van der Waals surface area (Å²) in [5.74, 6) is -0.780. The maximum absolute atomic E-state index is 11.4. The van der Waals surface area contributed by atoms with Gasteiger partial charge >= 0.3 is 5.97 Å². The van der Waals surface area contributed by atoms with Gasteiger partial charge in [-0.25, -0.2) is 4.79 Å². The highest BCUT2D eigenvalue weighted by molar-refractivity contribution is 6.00. The van der Waals surface area contributed by atoms with Gasteiger partial charge in [0.25, 0.3) is 0 Å². The summed E-state index contributed by atoms with van der Waals surface area (Å²) >= 11 is 0. The van der Waals surface area contributed by atoms with Crippen LogP contribution in [-0.4, -0.2) is 28.8 Å². The van der Waals surface area contributed by atoms with Crippen molar-refractivity contribution in [3.63, 3.8) is 0 Å². The lowest BCUT2D eigenvalue weighted by Crippen LogP contribution is -2.14. The zero-order valence-corrected chi connectivity index (χ0v) is 9.12. The number of hydrogen-bond acceptors (Lipinski definition) is 4. The lowest BCUT2D eigenvalue weighted by atomic mass is 10.3. The van der Waals surface area contributed by atoms with Crippen molar-refractivity contribution in [1.29, 1.82) is 0 Å². The van der Waals surface area contributed by atoms with E-state index in [4.69, 9.17) is 0 Å². The molecule has 0 atom stereocenters.